The number of ether oxygens (including phenoxy) is 3. The van der Waals surface area contributed by atoms with Gasteiger partial charge in [-0.15, -0.1) is 0 Å². The fourth-order valence-corrected chi connectivity index (χ4v) is 4.83. The second-order valence-corrected chi connectivity index (χ2v) is 11.1. The molecule has 0 aliphatic rings. The van der Waals surface area contributed by atoms with Crippen molar-refractivity contribution in [1.82, 2.24) is 0 Å². The fourth-order valence-electron chi connectivity index (χ4n) is 3.21. The lowest BCUT2D eigenvalue weighted by molar-refractivity contribution is 0.112. The first kappa shape index (κ1) is 30.5. The molecule has 0 heterocycles. The summed E-state index contributed by atoms with van der Waals surface area (Å²) in [6, 6.07) is 3.58. The molecule has 7 heteroatoms. The average Bonchev–Trinajstić information content (AvgIpc) is 2.81. The molecule has 0 saturated carbocycles. The van der Waals surface area contributed by atoms with Crippen molar-refractivity contribution in [2.24, 2.45) is 0 Å². The van der Waals surface area contributed by atoms with Gasteiger partial charge >= 0.3 is 0 Å². The number of benzene rings is 1. The van der Waals surface area contributed by atoms with Crippen molar-refractivity contribution in [3.8, 4) is 17.2 Å². The van der Waals surface area contributed by atoms with Gasteiger partial charge in [0.15, 0.2) is 11.5 Å². The SMILES string of the molecule is O=Cc1cc(OCCCCCCI)c(OCCCCCCI)c(OCCCCCCI)c1. The summed E-state index contributed by atoms with van der Waals surface area (Å²) in [6.07, 6.45) is 14.8. The zero-order chi connectivity index (χ0) is 23.3. The Hall–Kier alpha value is 0.480. The molecule has 0 atom stereocenters. The van der Waals surface area contributed by atoms with E-state index in [1.807, 2.05) is 0 Å². The predicted octanol–water partition coefficient (Wildman–Crippen LogP) is 8.62. The lowest BCUT2D eigenvalue weighted by Crippen LogP contribution is -2.07. The molecule has 0 aliphatic heterocycles. The molecule has 4 nitrogen and oxygen atoms in total. The molecule has 184 valence electrons. The molecular weight excluding hydrogens is 745 g/mol. The van der Waals surface area contributed by atoms with Crippen molar-refractivity contribution in [2.75, 3.05) is 33.1 Å². The number of alkyl halides is 3. The van der Waals surface area contributed by atoms with Crippen molar-refractivity contribution >= 4 is 74.1 Å². The third kappa shape index (κ3) is 14.7. The van der Waals surface area contributed by atoms with Crippen LogP contribution in [0.2, 0.25) is 0 Å². The molecule has 0 aromatic heterocycles. The summed E-state index contributed by atoms with van der Waals surface area (Å²) in [5.41, 5.74) is 0.569. The number of hydrogen-bond acceptors (Lipinski definition) is 4. The molecule has 0 bridgehead atoms. The second kappa shape index (κ2) is 22.0. The van der Waals surface area contributed by atoms with Crippen LogP contribution in [-0.4, -0.2) is 39.4 Å². The van der Waals surface area contributed by atoms with Gasteiger partial charge in [0.1, 0.15) is 6.29 Å². The smallest absolute Gasteiger partial charge is 0.203 e. The summed E-state index contributed by atoms with van der Waals surface area (Å²) < 4.78 is 22.0. The molecule has 0 unspecified atom stereocenters. The Morgan fingerprint density at radius 2 is 0.938 bits per heavy atom. The van der Waals surface area contributed by atoms with E-state index in [1.54, 1.807) is 12.1 Å². The van der Waals surface area contributed by atoms with Crippen LogP contribution in [0.3, 0.4) is 0 Å². The minimum atomic E-state index is 0.569. The summed E-state index contributed by atoms with van der Waals surface area (Å²) in [6.45, 7) is 1.90. The largest absolute Gasteiger partial charge is 0.490 e. The van der Waals surface area contributed by atoms with E-state index >= 15 is 0 Å². The van der Waals surface area contributed by atoms with Crippen molar-refractivity contribution in [3.05, 3.63) is 17.7 Å². The molecule has 0 radical (unpaired) electrons. The van der Waals surface area contributed by atoms with Crippen LogP contribution in [0.5, 0.6) is 17.2 Å². The maximum Gasteiger partial charge on any atom is 0.203 e. The van der Waals surface area contributed by atoms with E-state index in [1.165, 1.54) is 51.8 Å². The highest BCUT2D eigenvalue weighted by atomic mass is 127. The van der Waals surface area contributed by atoms with Crippen molar-refractivity contribution in [3.63, 3.8) is 0 Å². The summed E-state index contributed by atoms with van der Waals surface area (Å²) in [7, 11) is 0. The van der Waals surface area contributed by atoms with E-state index in [4.69, 9.17) is 14.2 Å². The summed E-state index contributed by atoms with van der Waals surface area (Å²) in [5, 5.41) is 0. The fraction of sp³-hybridized carbons (Fsp3) is 0.720. The van der Waals surface area contributed by atoms with Gasteiger partial charge in [0, 0.05) is 5.56 Å². The third-order valence-corrected chi connectivity index (χ3v) is 7.31. The standard InChI is InChI=1S/C25H39I3O4/c26-13-7-1-4-10-16-30-23-19-22(21-29)20-24(31-17-11-5-2-8-14-27)25(23)32-18-12-6-3-9-15-28/h19-21H,1-18H2. The molecule has 1 aromatic rings. The van der Waals surface area contributed by atoms with Gasteiger partial charge in [-0.05, 0) is 63.9 Å². The van der Waals surface area contributed by atoms with Crippen molar-refractivity contribution < 1.29 is 19.0 Å². The van der Waals surface area contributed by atoms with Crippen LogP contribution >= 0.6 is 67.8 Å². The molecule has 0 fully saturated rings. The number of carbonyl (C=O) groups is 1. The Morgan fingerprint density at radius 1 is 0.562 bits per heavy atom. The lowest BCUT2D eigenvalue weighted by atomic mass is 10.2. The highest BCUT2D eigenvalue weighted by Crippen LogP contribution is 2.39. The van der Waals surface area contributed by atoms with E-state index < -0.39 is 0 Å². The number of unbranched alkanes of at least 4 members (excludes halogenated alkanes) is 9. The molecular formula is C25H39I3O4. The first-order valence-corrected chi connectivity index (χ1v) is 16.5. The quantitative estimate of drug-likeness (QED) is 0.0512. The molecule has 1 aromatic carbocycles. The van der Waals surface area contributed by atoms with Crippen molar-refractivity contribution in [1.29, 1.82) is 0 Å². The number of hydrogen-bond donors (Lipinski definition) is 0. The summed E-state index contributed by atoms with van der Waals surface area (Å²) >= 11 is 7.27. The Kier molecular flexibility index (Phi) is 21.0. The first-order chi connectivity index (χ1) is 15.8. The van der Waals surface area contributed by atoms with E-state index in [9.17, 15) is 4.79 Å². The Labute approximate surface area is 236 Å². The normalized spacial score (nSPS) is 10.8. The zero-order valence-corrected chi connectivity index (χ0v) is 25.7. The van der Waals surface area contributed by atoms with Gasteiger partial charge in [0.25, 0.3) is 0 Å². The number of aldehydes is 1. The molecule has 0 amide bonds. The second-order valence-electron chi connectivity index (χ2n) is 7.82. The number of rotatable bonds is 22. The highest BCUT2D eigenvalue weighted by molar-refractivity contribution is 14.1. The monoisotopic (exact) mass is 784 g/mol. The van der Waals surface area contributed by atoms with Crippen LogP contribution in [0.25, 0.3) is 0 Å². The number of carbonyl (C=O) groups excluding carboxylic acids is 1. The first-order valence-electron chi connectivity index (χ1n) is 12.0. The van der Waals surface area contributed by atoms with Crippen LogP contribution in [0.4, 0.5) is 0 Å². The molecule has 0 N–H and O–H groups in total. The van der Waals surface area contributed by atoms with Gasteiger partial charge in [-0.3, -0.25) is 4.79 Å². The zero-order valence-electron chi connectivity index (χ0n) is 19.2. The Bertz CT molecular complexity index is 562. The maximum absolute atomic E-state index is 11.5. The van der Waals surface area contributed by atoms with Crippen LogP contribution in [0.15, 0.2) is 12.1 Å². The van der Waals surface area contributed by atoms with Crippen LogP contribution in [0, 0.1) is 0 Å². The molecule has 0 aliphatic carbocycles. The van der Waals surface area contributed by atoms with Gasteiger partial charge in [0.2, 0.25) is 5.75 Å². The van der Waals surface area contributed by atoms with E-state index in [0.717, 1.165) is 44.8 Å². The third-order valence-electron chi connectivity index (χ3n) is 5.02. The topological polar surface area (TPSA) is 44.8 Å². The minimum Gasteiger partial charge on any atom is -0.490 e. The van der Waals surface area contributed by atoms with E-state index in [2.05, 4.69) is 67.8 Å². The highest BCUT2D eigenvalue weighted by Gasteiger charge is 2.16. The average molecular weight is 784 g/mol. The van der Waals surface area contributed by atoms with Crippen molar-refractivity contribution in [2.45, 2.75) is 77.0 Å². The molecule has 32 heavy (non-hydrogen) atoms. The van der Waals surface area contributed by atoms with Crippen LogP contribution < -0.4 is 14.2 Å². The van der Waals surface area contributed by atoms with Crippen LogP contribution in [-0.2, 0) is 0 Å². The minimum absolute atomic E-state index is 0.569. The number of halogens is 3. The maximum atomic E-state index is 11.5. The predicted molar refractivity (Wildman–Crippen MR) is 160 cm³/mol. The van der Waals surface area contributed by atoms with Crippen LogP contribution in [0.1, 0.15) is 87.4 Å². The van der Waals surface area contributed by atoms with Gasteiger partial charge < -0.3 is 14.2 Å². The molecule has 1 rings (SSSR count). The lowest BCUT2D eigenvalue weighted by Gasteiger charge is -2.18. The Morgan fingerprint density at radius 3 is 1.31 bits per heavy atom. The van der Waals surface area contributed by atoms with E-state index in [-0.39, 0.29) is 0 Å². The van der Waals surface area contributed by atoms with Gasteiger partial charge in [-0.25, -0.2) is 0 Å². The Balaban J connectivity index is 2.76. The van der Waals surface area contributed by atoms with Gasteiger partial charge in [-0.2, -0.15) is 0 Å². The summed E-state index contributed by atoms with van der Waals surface area (Å²) in [5.74, 6) is 1.93. The summed E-state index contributed by atoms with van der Waals surface area (Å²) in [4.78, 5) is 11.5. The molecule has 0 saturated heterocycles. The van der Waals surface area contributed by atoms with Gasteiger partial charge in [-0.1, -0.05) is 106 Å². The molecule has 0 spiro atoms. The van der Waals surface area contributed by atoms with Gasteiger partial charge in [0.05, 0.1) is 19.8 Å². The van der Waals surface area contributed by atoms with E-state index in [0.29, 0.717) is 42.6 Å².